The maximum absolute atomic E-state index is 12.0. The van der Waals surface area contributed by atoms with Crippen LogP contribution in [-0.4, -0.2) is 18.9 Å². The first-order valence-electron chi connectivity index (χ1n) is 4.14. The zero-order valence-electron chi connectivity index (χ0n) is 7.95. The van der Waals surface area contributed by atoms with E-state index in [0.717, 1.165) is 6.07 Å². The topological polar surface area (TPSA) is 61.6 Å². The summed E-state index contributed by atoms with van der Waals surface area (Å²) in [6.45, 7) is -0.516. The lowest BCUT2D eigenvalue weighted by Gasteiger charge is -2.12. The first kappa shape index (κ1) is 12.2. The Morgan fingerprint density at radius 2 is 1.81 bits per heavy atom. The Morgan fingerprint density at radius 1 is 1.25 bits per heavy atom. The Bertz CT molecular complexity index is 379. The van der Waals surface area contributed by atoms with Gasteiger partial charge in [-0.3, -0.25) is 4.79 Å². The van der Waals surface area contributed by atoms with Gasteiger partial charge in [-0.1, -0.05) is 12.1 Å². The molecule has 0 aliphatic heterocycles. The molecule has 0 aliphatic carbocycles. The molecule has 1 aromatic rings. The van der Waals surface area contributed by atoms with Crippen molar-refractivity contribution in [2.75, 3.05) is 6.61 Å². The lowest BCUT2D eigenvalue weighted by atomic mass is 10.3. The van der Waals surface area contributed by atoms with E-state index in [4.69, 9.17) is 10.5 Å². The summed E-state index contributed by atoms with van der Waals surface area (Å²) in [6.07, 6.45) is -4.81. The normalized spacial score (nSPS) is 10.9. The summed E-state index contributed by atoms with van der Waals surface area (Å²) in [5, 5.41) is 0. The van der Waals surface area contributed by atoms with Crippen molar-refractivity contribution >= 4 is 5.91 Å². The van der Waals surface area contributed by atoms with E-state index in [2.05, 4.69) is 4.74 Å². The van der Waals surface area contributed by atoms with Crippen LogP contribution in [0.4, 0.5) is 13.2 Å². The summed E-state index contributed by atoms with van der Waals surface area (Å²) in [6, 6.07) is 5.10. The third-order valence-electron chi connectivity index (χ3n) is 1.44. The first-order chi connectivity index (χ1) is 7.38. The maximum Gasteiger partial charge on any atom is 0.573 e. The highest BCUT2D eigenvalue weighted by molar-refractivity contribution is 5.75. The predicted molar refractivity (Wildman–Crippen MR) is 47.8 cm³/mol. The summed E-state index contributed by atoms with van der Waals surface area (Å²) in [5.41, 5.74) is 4.79. The molecule has 2 N–H and O–H groups in total. The van der Waals surface area contributed by atoms with E-state index in [-0.39, 0.29) is 5.75 Å². The van der Waals surface area contributed by atoms with E-state index in [0.29, 0.717) is 0 Å². The molecule has 0 aliphatic rings. The summed E-state index contributed by atoms with van der Waals surface area (Å²) < 4.78 is 44.3. The fourth-order valence-corrected chi connectivity index (χ4v) is 0.927. The third-order valence-corrected chi connectivity index (χ3v) is 1.44. The molecule has 0 saturated heterocycles. The quantitative estimate of drug-likeness (QED) is 0.859. The number of hydrogen-bond acceptors (Lipinski definition) is 3. The van der Waals surface area contributed by atoms with Crippen molar-refractivity contribution in [3.8, 4) is 11.5 Å². The molecule has 88 valence electrons. The molecule has 1 amide bonds. The lowest BCUT2D eigenvalue weighted by Crippen LogP contribution is -2.21. The Hall–Kier alpha value is -1.92. The van der Waals surface area contributed by atoms with Crippen LogP contribution in [0.3, 0.4) is 0 Å². The molecule has 1 rings (SSSR count). The zero-order chi connectivity index (χ0) is 12.2. The van der Waals surface area contributed by atoms with E-state index in [9.17, 15) is 18.0 Å². The zero-order valence-corrected chi connectivity index (χ0v) is 7.95. The van der Waals surface area contributed by atoms with Gasteiger partial charge in [0.2, 0.25) is 0 Å². The van der Waals surface area contributed by atoms with Crippen molar-refractivity contribution in [3.05, 3.63) is 24.3 Å². The van der Waals surface area contributed by atoms with E-state index in [1.54, 1.807) is 0 Å². The number of rotatable bonds is 4. The van der Waals surface area contributed by atoms with Crippen LogP contribution in [-0.2, 0) is 4.79 Å². The van der Waals surface area contributed by atoms with Gasteiger partial charge in [0, 0.05) is 0 Å². The first-order valence-corrected chi connectivity index (χ1v) is 4.14. The average Bonchev–Trinajstić information content (AvgIpc) is 2.14. The van der Waals surface area contributed by atoms with Gasteiger partial charge in [-0.25, -0.2) is 0 Å². The van der Waals surface area contributed by atoms with Gasteiger partial charge in [-0.15, -0.1) is 13.2 Å². The van der Waals surface area contributed by atoms with Crippen molar-refractivity contribution in [1.82, 2.24) is 0 Å². The van der Waals surface area contributed by atoms with Crippen molar-refractivity contribution in [2.45, 2.75) is 6.36 Å². The molecule has 16 heavy (non-hydrogen) atoms. The van der Waals surface area contributed by atoms with Gasteiger partial charge in [0.25, 0.3) is 5.91 Å². The summed E-state index contributed by atoms with van der Waals surface area (Å²) in [4.78, 5) is 10.4. The number of amides is 1. The highest BCUT2D eigenvalue weighted by Gasteiger charge is 2.32. The molecule has 0 radical (unpaired) electrons. The monoisotopic (exact) mass is 235 g/mol. The summed E-state index contributed by atoms with van der Waals surface area (Å²) >= 11 is 0. The highest BCUT2D eigenvalue weighted by Crippen LogP contribution is 2.31. The lowest BCUT2D eigenvalue weighted by molar-refractivity contribution is -0.275. The number of para-hydroxylation sites is 2. The van der Waals surface area contributed by atoms with Crippen molar-refractivity contribution in [1.29, 1.82) is 0 Å². The smallest absolute Gasteiger partial charge is 0.480 e. The Labute approximate surface area is 88.8 Å². The van der Waals surface area contributed by atoms with Gasteiger partial charge in [0.1, 0.15) is 0 Å². The van der Waals surface area contributed by atoms with Crippen molar-refractivity contribution < 1.29 is 27.4 Å². The van der Waals surface area contributed by atoms with Crippen LogP contribution < -0.4 is 15.2 Å². The molecule has 0 fully saturated rings. The van der Waals surface area contributed by atoms with Gasteiger partial charge in [-0.05, 0) is 12.1 Å². The standard InChI is InChI=1S/C9H8F3NO3/c10-9(11,12)16-7-4-2-1-3-6(7)15-5-8(13)14/h1-4H,5H2,(H2,13,14). The second-order valence-corrected chi connectivity index (χ2v) is 2.75. The van der Waals surface area contributed by atoms with Crippen LogP contribution in [0.25, 0.3) is 0 Å². The number of alkyl halides is 3. The number of benzene rings is 1. The molecule has 4 nitrogen and oxygen atoms in total. The molecule has 0 heterocycles. The molecular weight excluding hydrogens is 227 g/mol. The number of nitrogens with two attached hydrogens (primary N) is 1. The Kier molecular flexibility index (Phi) is 3.60. The Morgan fingerprint density at radius 3 is 2.31 bits per heavy atom. The second kappa shape index (κ2) is 4.73. The predicted octanol–water partition coefficient (Wildman–Crippen LogP) is 1.45. The molecule has 0 aromatic heterocycles. The van der Waals surface area contributed by atoms with Gasteiger partial charge >= 0.3 is 6.36 Å². The van der Waals surface area contributed by atoms with Crippen LogP contribution in [0.1, 0.15) is 0 Å². The van der Waals surface area contributed by atoms with E-state index >= 15 is 0 Å². The number of carbonyl (C=O) groups is 1. The van der Waals surface area contributed by atoms with Gasteiger partial charge in [0.05, 0.1) is 0 Å². The second-order valence-electron chi connectivity index (χ2n) is 2.75. The van der Waals surface area contributed by atoms with Crippen molar-refractivity contribution in [3.63, 3.8) is 0 Å². The minimum atomic E-state index is -4.81. The molecule has 0 saturated carbocycles. The molecule has 0 atom stereocenters. The number of primary amides is 1. The van der Waals surface area contributed by atoms with E-state index in [1.807, 2.05) is 0 Å². The minimum Gasteiger partial charge on any atom is -0.480 e. The molecule has 0 bridgehead atoms. The molecule has 0 unspecified atom stereocenters. The number of halogens is 3. The minimum absolute atomic E-state index is 0.196. The largest absolute Gasteiger partial charge is 0.573 e. The SMILES string of the molecule is NC(=O)COc1ccccc1OC(F)(F)F. The van der Waals surface area contributed by atoms with Crippen LogP contribution >= 0.6 is 0 Å². The molecule has 7 heteroatoms. The maximum atomic E-state index is 12.0. The van der Waals surface area contributed by atoms with Crippen molar-refractivity contribution in [2.24, 2.45) is 5.73 Å². The fourth-order valence-electron chi connectivity index (χ4n) is 0.927. The van der Waals surface area contributed by atoms with E-state index < -0.39 is 24.6 Å². The molecular formula is C9H8F3NO3. The van der Waals surface area contributed by atoms with Crippen LogP contribution in [0.5, 0.6) is 11.5 Å². The van der Waals surface area contributed by atoms with Gasteiger partial charge < -0.3 is 15.2 Å². The number of carbonyl (C=O) groups excluding carboxylic acids is 1. The summed E-state index contributed by atoms with van der Waals surface area (Å²) in [5.74, 6) is -1.50. The van der Waals surface area contributed by atoms with Crippen LogP contribution in [0, 0.1) is 0 Å². The van der Waals surface area contributed by atoms with E-state index in [1.165, 1.54) is 18.2 Å². The van der Waals surface area contributed by atoms with Gasteiger partial charge in [0.15, 0.2) is 18.1 Å². The number of hydrogen-bond donors (Lipinski definition) is 1. The van der Waals surface area contributed by atoms with Crippen LogP contribution in [0.15, 0.2) is 24.3 Å². The molecule has 1 aromatic carbocycles. The molecule has 0 spiro atoms. The average molecular weight is 235 g/mol. The Balaban J connectivity index is 2.79. The third kappa shape index (κ3) is 4.07. The van der Waals surface area contributed by atoms with Crippen LogP contribution in [0.2, 0.25) is 0 Å². The summed E-state index contributed by atoms with van der Waals surface area (Å²) in [7, 11) is 0. The fraction of sp³-hybridized carbons (Fsp3) is 0.222. The number of ether oxygens (including phenoxy) is 2. The highest BCUT2D eigenvalue weighted by atomic mass is 19.4. The van der Waals surface area contributed by atoms with Gasteiger partial charge in [-0.2, -0.15) is 0 Å².